The highest BCUT2D eigenvalue weighted by Gasteiger charge is 2.21. The van der Waals surface area contributed by atoms with Crippen LogP contribution in [0.3, 0.4) is 0 Å². The van der Waals surface area contributed by atoms with Gasteiger partial charge in [-0.3, -0.25) is 4.79 Å². The molecule has 2 aromatic carbocycles. The molecule has 1 atom stereocenters. The predicted octanol–water partition coefficient (Wildman–Crippen LogP) is 4.10. The quantitative estimate of drug-likeness (QED) is 0.682. The summed E-state index contributed by atoms with van der Waals surface area (Å²) in [6, 6.07) is 14.3. The van der Waals surface area contributed by atoms with Crippen LogP contribution in [0.25, 0.3) is 11.0 Å². The lowest BCUT2D eigenvalue weighted by Gasteiger charge is -2.27. The van der Waals surface area contributed by atoms with Crippen LogP contribution in [0.2, 0.25) is 0 Å². The van der Waals surface area contributed by atoms with Crippen LogP contribution in [-0.4, -0.2) is 43.1 Å². The first-order chi connectivity index (χ1) is 14.5. The van der Waals surface area contributed by atoms with Crippen LogP contribution in [0.1, 0.15) is 34.6 Å². The van der Waals surface area contributed by atoms with Gasteiger partial charge in [-0.2, -0.15) is 0 Å². The van der Waals surface area contributed by atoms with E-state index >= 15 is 0 Å². The van der Waals surface area contributed by atoms with Crippen molar-refractivity contribution in [2.75, 3.05) is 31.6 Å². The third-order valence-corrected chi connectivity index (χ3v) is 5.33. The number of anilines is 1. The second-order valence-corrected chi connectivity index (χ2v) is 7.39. The third-order valence-electron chi connectivity index (χ3n) is 5.33. The van der Waals surface area contributed by atoms with Gasteiger partial charge in [-0.05, 0) is 43.7 Å². The van der Waals surface area contributed by atoms with Gasteiger partial charge in [0.05, 0.1) is 19.3 Å². The number of hydrogen-bond acceptors (Lipinski definition) is 4. The van der Waals surface area contributed by atoms with E-state index in [1.807, 2.05) is 44.2 Å². The number of fused-ring (bicyclic) bond motifs is 1. The monoisotopic (exact) mass is 407 g/mol. The molecule has 0 bridgehead atoms. The van der Waals surface area contributed by atoms with Crippen molar-refractivity contribution in [2.45, 2.75) is 19.9 Å². The molecule has 30 heavy (non-hydrogen) atoms. The van der Waals surface area contributed by atoms with Gasteiger partial charge in [-0.15, -0.1) is 0 Å². The standard InChI is InChI=1S/C23H25N3O4/c1-15-18(22(27)26-10-12-29-13-11-26)7-5-8-19(15)25-23(28)24-16(2)21-14-17-6-3-4-9-20(17)30-21/h3-9,14,16H,10-13H2,1-2H3,(H2,24,25,28). The molecule has 2 N–H and O–H groups in total. The normalized spacial score (nSPS) is 15.1. The Labute approximate surface area is 175 Å². The van der Waals surface area contributed by atoms with Gasteiger partial charge in [0.25, 0.3) is 5.91 Å². The second-order valence-electron chi connectivity index (χ2n) is 7.39. The maximum atomic E-state index is 12.8. The van der Waals surface area contributed by atoms with Crippen molar-refractivity contribution in [3.05, 3.63) is 65.4 Å². The largest absolute Gasteiger partial charge is 0.459 e. The molecule has 156 valence electrons. The van der Waals surface area contributed by atoms with E-state index in [9.17, 15) is 9.59 Å². The van der Waals surface area contributed by atoms with E-state index in [2.05, 4.69) is 10.6 Å². The molecular weight excluding hydrogens is 382 g/mol. The summed E-state index contributed by atoms with van der Waals surface area (Å²) in [5.41, 5.74) is 2.70. The number of rotatable bonds is 4. The Morgan fingerprint density at radius 3 is 2.60 bits per heavy atom. The van der Waals surface area contributed by atoms with Crippen LogP contribution >= 0.6 is 0 Å². The molecule has 3 amide bonds. The fraction of sp³-hybridized carbons (Fsp3) is 0.304. The summed E-state index contributed by atoms with van der Waals surface area (Å²) >= 11 is 0. The Morgan fingerprint density at radius 2 is 1.83 bits per heavy atom. The van der Waals surface area contributed by atoms with Crippen LogP contribution < -0.4 is 10.6 Å². The summed E-state index contributed by atoms with van der Waals surface area (Å²) in [6.07, 6.45) is 0. The van der Waals surface area contributed by atoms with Crippen molar-refractivity contribution in [1.82, 2.24) is 10.2 Å². The molecule has 1 aliphatic rings. The van der Waals surface area contributed by atoms with Gasteiger partial charge in [0.1, 0.15) is 11.3 Å². The van der Waals surface area contributed by atoms with E-state index in [1.54, 1.807) is 23.1 Å². The van der Waals surface area contributed by atoms with E-state index in [0.717, 1.165) is 16.5 Å². The highest BCUT2D eigenvalue weighted by atomic mass is 16.5. The van der Waals surface area contributed by atoms with Gasteiger partial charge in [0.2, 0.25) is 0 Å². The average Bonchev–Trinajstić information content (AvgIpc) is 3.20. The number of benzene rings is 2. The Morgan fingerprint density at radius 1 is 1.07 bits per heavy atom. The van der Waals surface area contributed by atoms with Crippen molar-refractivity contribution >= 4 is 28.6 Å². The molecule has 3 aromatic rings. The molecule has 1 saturated heterocycles. The minimum absolute atomic E-state index is 0.0458. The van der Waals surface area contributed by atoms with Crippen LogP contribution in [-0.2, 0) is 4.74 Å². The topological polar surface area (TPSA) is 83.8 Å². The maximum absolute atomic E-state index is 12.8. The maximum Gasteiger partial charge on any atom is 0.319 e. The smallest absolute Gasteiger partial charge is 0.319 e. The number of hydrogen-bond donors (Lipinski definition) is 2. The zero-order chi connectivity index (χ0) is 21.1. The molecule has 7 heteroatoms. The first-order valence-electron chi connectivity index (χ1n) is 10.1. The molecular formula is C23H25N3O4. The number of furan rings is 1. The first-order valence-corrected chi connectivity index (χ1v) is 10.1. The zero-order valence-corrected chi connectivity index (χ0v) is 17.1. The molecule has 4 rings (SSSR count). The van der Waals surface area contributed by atoms with Gasteiger partial charge < -0.3 is 24.7 Å². The summed E-state index contributed by atoms with van der Waals surface area (Å²) < 4.78 is 11.1. The molecule has 1 aromatic heterocycles. The summed E-state index contributed by atoms with van der Waals surface area (Å²) in [5, 5.41) is 6.74. The highest BCUT2D eigenvalue weighted by Crippen LogP contribution is 2.24. The van der Waals surface area contributed by atoms with Crippen LogP contribution in [0.4, 0.5) is 10.5 Å². The minimum Gasteiger partial charge on any atom is -0.459 e. The number of carbonyl (C=O) groups excluding carboxylic acids is 2. The Kier molecular flexibility index (Phi) is 5.72. The molecule has 0 saturated carbocycles. The highest BCUT2D eigenvalue weighted by molar-refractivity contribution is 5.99. The van der Waals surface area contributed by atoms with Crippen molar-refractivity contribution in [3.63, 3.8) is 0 Å². The fourth-order valence-corrected chi connectivity index (χ4v) is 3.58. The van der Waals surface area contributed by atoms with Gasteiger partial charge in [0.15, 0.2) is 0 Å². The average molecular weight is 407 g/mol. The number of nitrogens with one attached hydrogen (secondary N) is 2. The SMILES string of the molecule is Cc1c(NC(=O)NC(C)c2cc3ccccc3o2)cccc1C(=O)N1CCOCC1. The summed E-state index contributed by atoms with van der Waals surface area (Å²) in [4.78, 5) is 27.2. The molecule has 1 fully saturated rings. The van der Waals surface area contributed by atoms with E-state index < -0.39 is 0 Å². The Hall–Kier alpha value is -3.32. The Bertz CT molecular complexity index is 1040. The van der Waals surface area contributed by atoms with Crippen molar-refractivity contribution in [1.29, 1.82) is 0 Å². The zero-order valence-electron chi connectivity index (χ0n) is 17.1. The predicted molar refractivity (Wildman–Crippen MR) is 115 cm³/mol. The summed E-state index contributed by atoms with van der Waals surface area (Å²) in [5.74, 6) is 0.634. The lowest BCUT2D eigenvalue weighted by Crippen LogP contribution is -2.41. The summed E-state index contributed by atoms with van der Waals surface area (Å²) in [7, 11) is 0. The van der Waals surface area contributed by atoms with Gasteiger partial charge in [-0.1, -0.05) is 24.3 Å². The molecule has 1 aliphatic heterocycles. The number of morpholine rings is 1. The lowest BCUT2D eigenvalue weighted by molar-refractivity contribution is 0.0302. The van der Waals surface area contributed by atoms with E-state index in [1.165, 1.54) is 0 Å². The lowest BCUT2D eigenvalue weighted by atomic mass is 10.1. The second kappa shape index (κ2) is 8.59. The Balaban J connectivity index is 1.44. The summed E-state index contributed by atoms with van der Waals surface area (Å²) in [6.45, 7) is 5.95. The molecule has 7 nitrogen and oxygen atoms in total. The number of urea groups is 1. The number of carbonyl (C=O) groups is 2. The number of ether oxygens (including phenoxy) is 1. The van der Waals surface area contributed by atoms with Crippen molar-refractivity contribution < 1.29 is 18.7 Å². The molecule has 1 unspecified atom stereocenters. The van der Waals surface area contributed by atoms with Crippen molar-refractivity contribution in [3.8, 4) is 0 Å². The number of nitrogens with zero attached hydrogens (tertiary/aromatic N) is 1. The van der Waals surface area contributed by atoms with Gasteiger partial charge >= 0.3 is 6.03 Å². The van der Waals surface area contributed by atoms with Crippen molar-refractivity contribution in [2.24, 2.45) is 0 Å². The molecule has 0 spiro atoms. The van der Waals surface area contributed by atoms with Crippen LogP contribution in [0.5, 0.6) is 0 Å². The fourth-order valence-electron chi connectivity index (χ4n) is 3.58. The number of para-hydroxylation sites is 1. The van der Waals surface area contributed by atoms with Gasteiger partial charge in [-0.25, -0.2) is 4.79 Å². The van der Waals surface area contributed by atoms with Crippen LogP contribution in [0.15, 0.2) is 52.9 Å². The third kappa shape index (κ3) is 4.16. The number of amides is 3. The molecule has 0 radical (unpaired) electrons. The van der Waals surface area contributed by atoms with E-state index in [0.29, 0.717) is 43.3 Å². The van der Waals surface area contributed by atoms with E-state index in [-0.39, 0.29) is 18.0 Å². The van der Waals surface area contributed by atoms with E-state index in [4.69, 9.17) is 9.15 Å². The van der Waals surface area contributed by atoms with Gasteiger partial charge in [0, 0.05) is 29.7 Å². The van der Waals surface area contributed by atoms with Crippen LogP contribution in [0, 0.1) is 6.92 Å². The molecule has 0 aliphatic carbocycles. The minimum atomic E-state index is -0.359. The molecule has 2 heterocycles. The first kappa shape index (κ1) is 20.0.